The van der Waals surface area contributed by atoms with E-state index in [1.807, 2.05) is 60.7 Å². The Morgan fingerprint density at radius 1 is 0.507 bits per heavy atom. The first-order valence-electron chi connectivity index (χ1n) is 24.3. The standard InChI is InChI=1S/C23H22O.2C18H14O.C5H9Br.Li/c1-2-3-8-15-23(16-18-10-5-7-12-20(18)22(23)24)21-14-13-17-9-4-6-11-19(17)21;2*19-18-15-8-4-2-6-13(15)11-17(18)16-10-9-12-5-1-3-7-14(12)16;1-2-3-4-5-6;/h3-12,14H,2,13,15-16H2,1H3;1-8H,9-11H2;1-8,10,19H,9,11H2;3-4H,2,5H2,1H3;/q;;;;+1/p-1/b8-3+;17-16-;;4-3+;. The van der Waals surface area contributed by atoms with Crippen LogP contribution >= 0.6 is 15.9 Å². The van der Waals surface area contributed by atoms with Crippen LogP contribution in [0.15, 0.2) is 193 Å². The number of carbonyl (C=O) groups excluding carboxylic acids is 2. The minimum absolute atomic E-state index is 0. The maximum absolute atomic E-state index is 13.4. The van der Waals surface area contributed by atoms with Gasteiger partial charge in [-0.15, -0.1) is 0 Å². The van der Waals surface area contributed by atoms with Gasteiger partial charge in [0.1, 0.15) is 0 Å². The predicted octanol–water partition coefficient (Wildman–Crippen LogP) is 11.5. The summed E-state index contributed by atoms with van der Waals surface area (Å²) in [6.45, 7) is 4.26. The maximum atomic E-state index is 13.4. The third kappa shape index (κ3) is 10.0. The van der Waals surface area contributed by atoms with Crippen molar-refractivity contribution in [2.75, 3.05) is 5.33 Å². The molecule has 1 atom stereocenters. The Bertz CT molecular complexity index is 3080. The molecule has 12 rings (SSSR count). The van der Waals surface area contributed by atoms with Crippen LogP contribution in [0.2, 0.25) is 0 Å². The van der Waals surface area contributed by atoms with Gasteiger partial charge in [0.25, 0.3) is 0 Å². The monoisotopic (exact) mass is 960 g/mol. The van der Waals surface area contributed by atoms with Gasteiger partial charge < -0.3 is 5.11 Å². The van der Waals surface area contributed by atoms with Crippen LogP contribution in [-0.2, 0) is 38.5 Å². The summed E-state index contributed by atoms with van der Waals surface area (Å²) in [6.07, 6.45) is 22.4. The van der Waals surface area contributed by atoms with Crippen LogP contribution in [0.1, 0.15) is 116 Å². The second-order valence-electron chi connectivity index (χ2n) is 18.2. The van der Waals surface area contributed by atoms with E-state index in [0.29, 0.717) is 5.78 Å². The number of hydrogen-bond donors (Lipinski definition) is 0. The molecule has 0 bridgehead atoms. The molecule has 0 aliphatic heterocycles. The minimum Gasteiger partial charge on any atom is -0.872 e. The average Bonchev–Trinajstić information content (AvgIpc) is 4.25. The van der Waals surface area contributed by atoms with Gasteiger partial charge in [-0.05, 0) is 136 Å². The zero-order chi connectivity index (χ0) is 47.0. The van der Waals surface area contributed by atoms with Crippen molar-refractivity contribution in [3.8, 4) is 0 Å². The van der Waals surface area contributed by atoms with Crippen molar-refractivity contribution in [1.29, 1.82) is 0 Å². The van der Waals surface area contributed by atoms with Crippen LogP contribution in [0.5, 0.6) is 0 Å². The van der Waals surface area contributed by atoms with Crippen LogP contribution in [0.4, 0.5) is 0 Å². The Kier molecular flexibility index (Phi) is 16.2. The second kappa shape index (κ2) is 22.6. The van der Waals surface area contributed by atoms with Crippen molar-refractivity contribution >= 4 is 50.0 Å². The SMILES string of the molecule is CC/C=C/CBr.CC/C=C/CC1(C2=CCc3ccccc32)Cc2ccccc2C1=O.O=C1/C(=C2/CCc3ccccc32)Cc2ccccc21.[Li+].[O-]C1=C(C2=CCc3ccccc32)Cc2ccccc21. The molecule has 0 heterocycles. The van der Waals surface area contributed by atoms with Crippen molar-refractivity contribution in [2.24, 2.45) is 5.41 Å². The summed E-state index contributed by atoms with van der Waals surface area (Å²) in [4.78, 5) is 26.0. The summed E-state index contributed by atoms with van der Waals surface area (Å²) in [5, 5.41) is 13.5. The third-order valence-corrected chi connectivity index (χ3v) is 14.6. The van der Waals surface area contributed by atoms with Gasteiger partial charge in [-0.1, -0.05) is 218 Å². The number of fused-ring (bicyclic) bond motifs is 6. The summed E-state index contributed by atoms with van der Waals surface area (Å²) in [6, 6.07) is 49.4. The van der Waals surface area contributed by atoms with Crippen LogP contribution in [0.3, 0.4) is 0 Å². The minimum atomic E-state index is -0.429. The number of benzene rings is 6. The molecule has 1 unspecified atom stereocenters. The number of allylic oxidation sites excluding steroid dienone is 11. The van der Waals surface area contributed by atoms with E-state index < -0.39 is 5.41 Å². The molecule has 0 amide bonds. The zero-order valence-corrected chi connectivity index (χ0v) is 41.8. The smallest absolute Gasteiger partial charge is 0.872 e. The van der Waals surface area contributed by atoms with E-state index in [4.69, 9.17) is 0 Å². The molecule has 6 aromatic rings. The summed E-state index contributed by atoms with van der Waals surface area (Å²) in [7, 11) is 0. The number of halogens is 1. The quantitative estimate of drug-likeness (QED) is 0.0693. The topological polar surface area (TPSA) is 57.2 Å². The van der Waals surface area contributed by atoms with Crippen LogP contribution in [-0.4, -0.2) is 16.9 Å². The largest absolute Gasteiger partial charge is 1.00 e. The Morgan fingerprint density at radius 3 is 1.64 bits per heavy atom. The second-order valence-corrected chi connectivity index (χ2v) is 18.9. The molecule has 340 valence electrons. The van der Waals surface area contributed by atoms with Gasteiger partial charge in [-0.25, -0.2) is 0 Å². The molecule has 3 nitrogen and oxygen atoms in total. The number of alkyl halides is 1. The molecular formula is C64H58BrLiO3. The van der Waals surface area contributed by atoms with Gasteiger partial charge in [0, 0.05) is 28.5 Å². The number of rotatable bonds is 7. The van der Waals surface area contributed by atoms with Crippen molar-refractivity contribution < 1.29 is 33.6 Å². The van der Waals surface area contributed by atoms with E-state index in [-0.39, 0.29) is 30.4 Å². The molecule has 0 N–H and O–H groups in total. The molecule has 0 saturated heterocycles. The van der Waals surface area contributed by atoms with Gasteiger partial charge in [0.15, 0.2) is 11.6 Å². The fraction of sp³-hybridized carbons (Fsp3) is 0.219. The first-order valence-corrected chi connectivity index (χ1v) is 25.5. The van der Waals surface area contributed by atoms with Crippen LogP contribution in [0.25, 0.3) is 22.5 Å². The Hall–Kier alpha value is -6.02. The van der Waals surface area contributed by atoms with Gasteiger partial charge in [0.05, 0.1) is 5.41 Å². The number of ketones is 2. The van der Waals surface area contributed by atoms with Gasteiger partial charge >= 0.3 is 18.9 Å². The van der Waals surface area contributed by atoms with E-state index >= 15 is 0 Å². The fourth-order valence-electron chi connectivity index (χ4n) is 10.9. The van der Waals surface area contributed by atoms with Crippen molar-refractivity contribution in [2.45, 2.75) is 78.1 Å². The van der Waals surface area contributed by atoms with Crippen molar-refractivity contribution in [3.05, 3.63) is 260 Å². The molecule has 6 aliphatic rings. The first kappa shape index (κ1) is 49.4. The van der Waals surface area contributed by atoms with Gasteiger partial charge in [-0.3, -0.25) is 9.59 Å². The molecule has 5 heteroatoms. The van der Waals surface area contributed by atoms with E-state index in [1.165, 1.54) is 55.7 Å². The third-order valence-electron chi connectivity index (χ3n) is 14.2. The predicted molar refractivity (Wildman–Crippen MR) is 284 cm³/mol. The molecule has 0 saturated carbocycles. The van der Waals surface area contributed by atoms with E-state index in [0.717, 1.165) is 109 Å². The molecule has 0 spiro atoms. The maximum Gasteiger partial charge on any atom is 1.00 e. The Balaban J connectivity index is 0.000000132. The number of Topliss-reactive ketones (excluding diaryl/α,β-unsaturated/α-hetero) is 2. The molecule has 69 heavy (non-hydrogen) atoms. The summed E-state index contributed by atoms with van der Waals surface area (Å²) in [5.74, 6) is 0.739. The molecule has 0 fully saturated rings. The molecule has 0 radical (unpaired) electrons. The average molecular weight is 962 g/mol. The summed E-state index contributed by atoms with van der Waals surface area (Å²) >= 11 is 3.26. The number of carbonyl (C=O) groups is 2. The molecule has 0 aromatic heterocycles. The van der Waals surface area contributed by atoms with Crippen LogP contribution < -0.4 is 24.0 Å². The Morgan fingerprint density at radius 2 is 1.01 bits per heavy atom. The molecular weight excluding hydrogens is 904 g/mol. The van der Waals surface area contributed by atoms with Crippen LogP contribution in [0, 0.1) is 5.41 Å². The Labute approximate surface area is 429 Å². The van der Waals surface area contributed by atoms with Crippen molar-refractivity contribution in [3.63, 3.8) is 0 Å². The molecule has 6 aromatic carbocycles. The van der Waals surface area contributed by atoms with E-state index in [1.54, 1.807) is 0 Å². The van der Waals surface area contributed by atoms with Crippen molar-refractivity contribution in [1.82, 2.24) is 0 Å². The first-order chi connectivity index (χ1) is 33.4. The summed E-state index contributed by atoms with van der Waals surface area (Å²) < 4.78 is 0. The van der Waals surface area contributed by atoms with E-state index in [9.17, 15) is 14.7 Å². The molecule has 6 aliphatic carbocycles. The fourth-order valence-corrected chi connectivity index (χ4v) is 11.2. The number of hydrogen-bond acceptors (Lipinski definition) is 3. The van der Waals surface area contributed by atoms with E-state index in [2.05, 4.69) is 151 Å². The number of aryl methyl sites for hydroxylation is 1. The zero-order valence-electron chi connectivity index (χ0n) is 40.2. The van der Waals surface area contributed by atoms with Gasteiger partial charge in [0.2, 0.25) is 0 Å². The normalized spacial score (nSPS) is 18.7. The van der Waals surface area contributed by atoms with Gasteiger partial charge in [-0.2, -0.15) is 0 Å². The summed E-state index contributed by atoms with van der Waals surface area (Å²) in [5.41, 5.74) is 19.3.